The molecule has 0 aliphatic heterocycles. The number of sulfonamides is 1. The second-order valence-electron chi connectivity index (χ2n) is 3.51. The molecule has 17 heavy (non-hydrogen) atoms. The molecule has 1 aromatic carbocycles. The van der Waals surface area contributed by atoms with Gasteiger partial charge in [0, 0.05) is 12.1 Å². The molecule has 1 aromatic rings. The Labute approximate surface area is 98.9 Å². The predicted octanol–water partition coefficient (Wildman–Crippen LogP) is 1.58. The van der Waals surface area contributed by atoms with Gasteiger partial charge in [-0.05, 0) is 18.6 Å². The van der Waals surface area contributed by atoms with Gasteiger partial charge in [0.05, 0.1) is 11.4 Å². The predicted molar refractivity (Wildman–Crippen MR) is 61.9 cm³/mol. The van der Waals surface area contributed by atoms with Crippen LogP contribution in [-0.2, 0) is 16.6 Å². The summed E-state index contributed by atoms with van der Waals surface area (Å²) < 4.78 is 51.7. The van der Waals surface area contributed by atoms with Crippen LogP contribution in [0.4, 0.5) is 14.5 Å². The van der Waals surface area contributed by atoms with Gasteiger partial charge in [-0.3, -0.25) is 4.72 Å². The normalized spacial score (nSPS) is 11.5. The third kappa shape index (κ3) is 3.37. The van der Waals surface area contributed by atoms with E-state index in [2.05, 4.69) is 4.72 Å². The Bertz CT molecular complexity index is 503. The highest BCUT2D eigenvalue weighted by Crippen LogP contribution is 2.21. The summed E-state index contributed by atoms with van der Waals surface area (Å²) in [6.45, 7) is 1.35. The monoisotopic (exact) mass is 264 g/mol. The molecule has 0 heterocycles. The molecule has 0 spiro atoms. The molecule has 7 heteroatoms. The maximum absolute atomic E-state index is 13.7. The van der Waals surface area contributed by atoms with Crippen LogP contribution >= 0.6 is 0 Å². The minimum absolute atomic E-state index is 0.123. The lowest BCUT2D eigenvalue weighted by Gasteiger charge is -2.10. The SMILES string of the molecule is CCCS(=O)(=O)Nc1ccc(F)c(CN)c1F. The topological polar surface area (TPSA) is 72.2 Å². The van der Waals surface area contributed by atoms with Crippen LogP contribution in [0.1, 0.15) is 18.9 Å². The Morgan fingerprint density at radius 3 is 2.53 bits per heavy atom. The smallest absolute Gasteiger partial charge is 0.232 e. The summed E-state index contributed by atoms with van der Waals surface area (Å²) in [5.41, 5.74) is 4.58. The van der Waals surface area contributed by atoms with Gasteiger partial charge in [0.2, 0.25) is 10.0 Å². The van der Waals surface area contributed by atoms with E-state index in [0.717, 1.165) is 12.1 Å². The van der Waals surface area contributed by atoms with E-state index in [1.54, 1.807) is 6.92 Å². The second kappa shape index (κ2) is 5.42. The molecule has 0 radical (unpaired) electrons. The molecule has 1 rings (SSSR count). The molecule has 0 fully saturated rings. The first-order chi connectivity index (χ1) is 7.91. The Balaban J connectivity index is 3.09. The molecule has 0 aliphatic rings. The summed E-state index contributed by atoms with van der Waals surface area (Å²) in [6, 6.07) is 2.02. The molecule has 0 saturated heterocycles. The standard InChI is InChI=1S/C10H14F2N2O2S/c1-2-5-17(15,16)14-9-4-3-8(11)7(6-13)10(9)12/h3-4,14H,2,5-6,13H2,1H3. The van der Waals surface area contributed by atoms with Crippen molar-refractivity contribution in [2.75, 3.05) is 10.5 Å². The Morgan fingerprint density at radius 2 is 2.00 bits per heavy atom. The van der Waals surface area contributed by atoms with Crippen molar-refractivity contribution >= 4 is 15.7 Å². The van der Waals surface area contributed by atoms with Crippen LogP contribution in [0.2, 0.25) is 0 Å². The first-order valence-electron chi connectivity index (χ1n) is 5.08. The van der Waals surface area contributed by atoms with Gasteiger partial charge in [0.25, 0.3) is 0 Å². The first-order valence-corrected chi connectivity index (χ1v) is 6.74. The van der Waals surface area contributed by atoms with E-state index >= 15 is 0 Å². The van der Waals surface area contributed by atoms with Crippen molar-refractivity contribution in [2.45, 2.75) is 19.9 Å². The zero-order valence-electron chi connectivity index (χ0n) is 9.33. The molecule has 96 valence electrons. The molecule has 0 bridgehead atoms. The van der Waals surface area contributed by atoms with Crippen LogP contribution in [0.15, 0.2) is 12.1 Å². The van der Waals surface area contributed by atoms with Gasteiger partial charge in [0.1, 0.15) is 5.82 Å². The van der Waals surface area contributed by atoms with Gasteiger partial charge < -0.3 is 5.73 Å². The highest BCUT2D eigenvalue weighted by molar-refractivity contribution is 7.92. The average Bonchev–Trinajstić information content (AvgIpc) is 2.23. The summed E-state index contributed by atoms with van der Waals surface area (Å²) in [5.74, 6) is -1.88. The molecule has 0 aliphatic carbocycles. The van der Waals surface area contributed by atoms with Crippen molar-refractivity contribution < 1.29 is 17.2 Å². The number of hydrogen-bond donors (Lipinski definition) is 2. The number of benzene rings is 1. The number of halogens is 2. The average molecular weight is 264 g/mol. The minimum Gasteiger partial charge on any atom is -0.326 e. The van der Waals surface area contributed by atoms with Crippen LogP contribution in [0.3, 0.4) is 0 Å². The lowest BCUT2D eigenvalue weighted by atomic mass is 10.2. The van der Waals surface area contributed by atoms with Crippen LogP contribution in [-0.4, -0.2) is 14.2 Å². The van der Waals surface area contributed by atoms with Gasteiger partial charge in [0.15, 0.2) is 5.82 Å². The molecular formula is C10H14F2N2O2S. The molecule has 0 saturated carbocycles. The van der Waals surface area contributed by atoms with Crippen molar-refractivity contribution in [1.29, 1.82) is 0 Å². The maximum atomic E-state index is 13.7. The van der Waals surface area contributed by atoms with Crippen LogP contribution < -0.4 is 10.5 Å². The van der Waals surface area contributed by atoms with Crippen molar-refractivity contribution in [3.63, 3.8) is 0 Å². The van der Waals surface area contributed by atoms with Crippen molar-refractivity contribution in [1.82, 2.24) is 0 Å². The molecule has 0 aromatic heterocycles. The molecule has 0 unspecified atom stereocenters. The fourth-order valence-corrected chi connectivity index (χ4v) is 2.48. The summed E-state index contributed by atoms with van der Waals surface area (Å²) in [7, 11) is -3.60. The highest BCUT2D eigenvalue weighted by atomic mass is 32.2. The first kappa shape index (κ1) is 13.9. The Kier molecular flexibility index (Phi) is 4.41. The van der Waals surface area contributed by atoms with Crippen molar-refractivity contribution in [3.8, 4) is 0 Å². The van der Waals surface area contributed by atoms with E-state index < -0.39 is 21.7 Å². The van der Waals surface area contributed by atoms with Crippen LogP contribution in [0.25, 0.3) is 0 Å². The molecule has 3 N–H and O–H groups in total. The third-order valence-electron chi connectivity index (χ3n) is 2.13. The molecule has 0 atom stereocenters. The number of nitrogens with two attached hydrogens (primary N) is 1. The fourth-order valence-electron chi connectivity index (χ4n) is 1.35. The third-order valence-corrected chi connectivity index (χ3v) is 3.61. The van der Waals surface area contributed by atoms with Crippen LogP contribution in [0, 0.1) is 11.6 Å². The summed E-state index contributed by atoms with van der Waals surface area (Å²) >= 11 is 0. The lowest BCUT2D eigenvalue weighted by molar-refractivity contribution is 0.558. The molecule has 0 amide bonds. The van der Waals surface area contributed by atoms with Crippen LogP contribution in [0.5, 0.6) is 0 Å². The van der Waals surface area contributed by atoms with Gasteiger partial charge in [-0.1, -0.05) is 6.92 Å². The van der Waals surface area contributed by atoms with E-state index in [9.17, 15) is 17.2 Å². The van der Waals surface area contributed by atoms with E-state index in [0.29, 0.717) is 6.42 Å². The second-order valence-corrected chi connectivity index (χ2v) is 5.35. The van der Waals surface area contributed by atoms with Gasteiger partial charge >= 0.3 is 0 Å². The van der Waals surface area contributed by atoms with Gasteiger partial charge in [-0.2, -0.15) is 0 Å². The maximum Gasteiger partial charge on any atom is 0.232 e. The summed E-state index contributed by atoms with van der Waals surface area (Å²) in [6.07, 6.45) is 0.405. The van der Waals surface area contributed by atoms with Crippen molar-refractivity contribution in [2.24, 2.45) is 5.73 Å². The Morgan fingerprint density at radius 1 is 1.35 bits per heavy atom. The zero-order valence-corrected chi connectivity index (χ0v) is 10.2. The number of nitrogens with one attached hydrogen (secondary N) is 1. The number of rotatable bonds is 5. The van der Waals surface area contributed by atoms with E-state index in [-0.39, 0.29) is 23.5 Å². The fraction of sp³-hybridized carbons (Fsp3) is 0.400. The minimum atomic E-state index is -3.60. The quantitative estimate of drug-likeness (QED) is 0.848. The lowest BCUT2D eigenvalue weighted by Crippen LogP contribution is -2.18. The Hall–Kier alpha value is -1.21. The highest BCUT2D eigenvalue weighted by Gasteiger charge is 2.16. The summed E-state index contributed by atoms with van der Waals surface area (Å²) in [5, 5.41) is 0. The zero-order chi connectivity index (χ0) is 13.1. The van der Waals surface area contributed by atoms with E-state index in [4.69, 9.17) is 5.73 Å². The van der Waals surface area contributed by atoms with Crippen molar-refractivity contribution in [3.05, 3.63) is 29.3 Å². The molecule has 4 nitrogen and oxygen atoms in total. The largest absolute Gasteiger partial charge is 0.326 e. The molecular weight excluding hydrogens is 250 g/mol. The van der Waals surface area contributed by atoms with Gasteiger partial charge in [-0.15, -0.1) is 0 Å². The van der Waals surface area contributed by atoms with E-state index in [1.165, 1.54) is 0 Å². The summed E-state index contributed by atoms with van der Waals surface area (Å²) in [4.78, 5) is 0. The van der Waals surface area contributed by atoms with E-state index in [1.807, 2.05) is 0 Å². The number of hydrogen-bond acceptors (Lipinski definition) is 3. The number of anilines is 1. The van der Waals surface area contributed by atoms with Gasteiger partial charge in [-0.25, -0.2) is 17.2 Å².